The highest BCUT2D eigenvalue weighted by molar-refractivity contribution is 4.90. The standard InChI is InChI=1S/C15H30N2/c1-15(2,3)14-12-17(11-10-16-14)13-8-6-4-5-7-9-13/h13-14,16H,4-12H2,1-3H3. The summed E-state index contributed by atoms with van der Waals surface area (Å²) in [7, 11) is 0. The van der Waals surface area contributed by atoms with Crippen LogP contribution in [0.5, 0.6) is 0 Å². The first-order valence-electron chi connectivity index (χ1n) is 7.55. The summed E-state index contributed by atoms with van der Waals surface area (Å²) < 4.78 is 0. The van der Waals surface area contributed by atoms with Crippen molar-refractivity contribution in [2.45, 2.75) is 71.4 Å². The lowest BCUT2D eigenvalue weighted by atomic mass is 9.85. The smallest absolute Gasteiger partial charge is 0.0244 e. The van der Waals surface area contributed by atoms with E-state index in [9.17, 15) is 0 Å². The zero-order valence-electron chi connectivity index (χ0n) is 12.0. The van der Waals surface area contributed by atoms with Crippen molar-refractivity contribution in [1.29, 1.82) is 0 Å². The van der Waals surface area contributed by atoms with E-state index in [1.54, 1.807) is 0 Å². The molecule has 1 heterocycles. The van der Waals surface area contributed by atoms with E-state index in [2.05, 4.69) is 31.0 Å². The molecule has 2 fully saturated rings. The molecule has 0 radical (unpaired) electrons. The summed E-state index contributed by atoms with van der Waals surface area (Å²) in [5.74, 6) is 0. The van der Waals surface area contributed by atoms with Gasteiger partial charge in [-0.25, -0.2) is 0 Å². The number of nitrogens with one attached hydrogen (secondary N) is 1. The molecular formula is C15H30N2. The Morgan fingerprint density at radius 3 is 2.24 bits per heavy atom. The summed E-state index contributed by atoms with van der Waals surface area (Å²) in [6.45, 7) is 10.8. The zero-order chi connectivity index (χ0) is 12.3. The van der Waals surface area contributed by atoms with E-state index in [-0.39, 0.29) is 0 Å². The van der Waals surface area contributed by atoms with Crippen molar-refractivity contribution in [3.05, 3.63) is 0 Å². The number of rotatable bonds is 1. The molecule has 1 aliphatic carbocycles. The van der Waals surface area contributed by atoms with Gasteiger partial charge >= 0.3 is 0 Å². The average Bonchev–Trinajstić information content (AvgIpc) is 2.56. The van der Waals surface area contributed by atoms with Gasteiger partial charge in [0.15, 0.2) is 0 Å². The minimum absolute atomic E-state index is 0.392. The van der Waals surface area contributed by atoms with Crippen molar-refractivity contribution in [3.8, 4) is 0 Å². The van der Waals surface area contributed by atoms with Gasteiger partial charge in [-0.05, 0) is 18.3 Å². The zero-order valence-corrected chi connectivity index (χ0v) is 12.0. The second-order valence-electron chi connectivity index (χ2n) is 7.01. The first-order valence-corrected chi connectivity index (χ1v) is 7.55. The van der Waals surface area contributed by atoms with E-state index < -0.39 is 0 Å². The molecule has 2 nitrogen and oxygen atoms in total. The number of piperazine rings is 1. The Morgan fingerprint density at radius 1 is 1.00 bits per heavy atom. The fourth-order valence-corrected chi connectivity index (χ4v) is 3.31. The lowest BCUT2D eigenvalue weighted by Crippen LogP contribution is -2.58. The highest BCUT2D eigenvalue weighted by atomic mass is 15.2. The summed E-state index contributed by atoms with van der Waals surface area (Å²) >= 11 is 0. The van der Waals surface area contributed by atoms with Crippen molar-refractivity contribution < 1.29 is 0 Å². The van der Waals surface area contributed by atoms with Crippen LogP contribution in [0.15, 0.2) is 0 Å². The van der Waals surface area contributed by atoms with Crippen molar-refractivity contribution >= 4 is 0 Å². The minimum atomic E-state index is 0.392. The van der Waals surface area contributed by atoms with Crippen LogP contribution in [0.1, 0.15) is 59.3 Å². The van der Waals surface area contributed by atoms with E-state index in [0.29, 0.717) is 11.5 Å². The molecule has 0 bridgehead atoms. The molecule has 1 saturated carbocycles. The van der Waals surface area contributed by atoms with Crippen LogP contribution in [0.3, 0.4) is 0 Å². The van der Waals surface area contributed by atoms with Crippen LogP contribution >= 0.6 is 0 Å². The van der Waals surface area contributed by atoms with Crippen molar-refractivity contribution in [3.63, 3.8) is 0 Å². The van der Waals surface area contributed by atoms with Gasteiger partial charge in [0.1, 0.15) is 0 Å². The average molecular weight is 238 g/mol. The van der Waals surface area contributed by atoms with Gasteiger partial charge in [0.2, 0.25) is 0 Å². The van der Waals surface area contributed by atoms with E-state index in [4.69, 9.17) is 0 Å². The van der Waals surface area contributed by atoms with Gasteiger partial charge in [0, 0.05) is 31.7 Å². The molecule has 1 atom stereocenters. The molecule has 1 unspecified atom stereocenters. The summed E-state index contributed by atoms with van der Waals surface area (Å²) in [6.07, 6.45) is 8.72. The minimum Gasteiger partial charge on any atom is -0.311 e. The van der Waals surface area contributed by atoms with Gasteiger partial charge in [0.05, 0.1) is 0 Å². The monoisotopic (exact) mass is 238 g/mol. The maximum absolute atomic E-state index is 3.70. The highest BCUT2D eigenvalue weighted by Gasteiger charge is 2.32. The predicted octanol–water partition coefficient (Wildman–Crippen LogP) is 3.03. The van der Waals surface area contributed by atoms with E-state index >= 15 is 0 Å². The molecule has 0 aromatic carbocycles. The molecular weight excluding hydrogens is 208 g/mol. The Balaban J connectivity index is 1.91. The van der Waals surface area contributed by atoms with Crippen LogP contribution in [-0.2, 0) is 0 Å². The van der Waals surface area contributed by atoms with Crippen LogP contribution in [0.25, 0.3) is 0 Å². The second-order valence-corrected chi connectivity index (χ2v) is 7.01. The van der Waals surface area contributed by atoms with Crippen molar-refractivity contribution in [1.82, 2.24) is 10.2 Å². The number of nitrogens with zero attached hydrogens (tertiary/aromatic N) is 1. The predicted molar refractivity (Wildman–Crippen MR) is 74.3 cm³/mol. The van der Waals surface area contributed by atoms with E-state index in [1.165, 1.54) is 58.2 Å². The van der Waals surface area contributed by atoms with Gasteiger partial charge in [-0.1, -0.05) is 46.5 Å². The molecule has 1 saturated heterocycles. The van der Waals surface area contributed by atoms with Gasteiger partial charge < -0.3 is 5.32 Å². The normalized spacial score (nSPS) is 30.2. The molecule has 2 heteroatoms. The maximum Gasteiger partial charge on any atom is 0.0244 e. The molecule has 100 valence electrons. The molecule has 2 rings (SSSR count). The SMILES string of the molecule is CC(C)(C)C1CN(C2CCCCCC2)CCN1. The molecule has 2 aliphatic rings. The third-order valence-corrected chi connectivity index (χ3v) is 4.59. The van der Waals surface area contributed by atoms with Crippen LogP contribution in [0.4, 0.5) is 0 Å². The van der Waals surface area contributed by atoms with Gasteiger partial charge in [-0.15, -0.1) is 0 Å². The molecule has 0 amide bonds. The summed E-state index contributed by atoms with van der Waals surface area (Å²) in [4.78, 5) is 2.78. The van der Waals surface area contributed by atoms with Crippen molar-refractivity contribution in [2.24, 2.45) is 5.41 Å². The van der Waals surface area contributed by atoms with E-state index in [0.717, 1.165) is 6.04 Å². The molecule has 1 N–H and O–H groups in total. The fourth-order valence-electron chi connectivity index (χ4n) is 3.31. The first-order chi connectivity index (χ1) is 8.07. The van der Waals surface area contributed by atoms with Gasteiger partial charge in [-0.2, -0.15) is 0 Å². The molecule has 0 spiro atoms. The highest BCUT2D eigenvalue weighted by Crippen LogP contribution is 2.26. The fraction of sp³-hybridized carbons (Fsp3) is 1.00. The van der Waals surface area contributed by atoms with Crippen LogP contribution < -0.4 is 5.32 Å². The number of hydrogen-bond donors (Lipinski definition) is 1. The largest absolute Gasteiger partial charge is 0.311 e. The summed E-state index contributed by atoms with van der Waals surface area (Å²) in [5.41, 5.74) is 0.392. The van der Waals surface area contributed by atoms with Gasteiger partial charge in [-0.3, -0.25) is 4.90 Å². The van der Waals surface area contributed by atoms with Crippen LogP contribution in [-0.4, -0.2) is 36.6 Å². The maximum atomic E-state index is 3.70. The molecule has 1 aliphatic heterocycles. The molecule has 0 aromatic rings. The Bertz CT molecular complexity index is 224. The summed E-state index contributed by atoms with van der Waals surface area (Å²) in [6, 6.07) is 1.55. The summed E-state index contributed by atoms with van der Waals surface area (Å²) in [5, 5.41) is 3.70. The molecule has 17 heavy (non-hydrogen) atoms. The van der Waals surface area contributed by atoms with E-state index in [1.807, 2.05) is 0 Å². The van der Waals surface area contributed by atoms with Crippen LogP contribution in [0.2, 0.25) is 0 Å². The molecule has 0 aromatic heterocycles. The lowest BCUT2D eigenvalue weighted by molar-refractivity contribution is 0.0906. The topological polar surface area (TPSA) is 15.3 Å². The Labute approximate surface area is 107 Å². The Kier molecular flexibility index (Phi) is 4.48. The Hall–Kier alpha value is -0.0800. The first kappa shape index (κ1) is 13.4. The van der Waals surface area contributed by atoms with Crippen LogP contribution in [0, 0.1) is 5.41 Å². The van der Waals surface area contributed by atoms with Gasteiger partial charge in [0.25, 0.3) is 0 Å². The third-order valence-electron chi connectivity index (χ3n) is 4.59. The van der Waals surface area contributed by atoms with Crippen molar-refractivity contribution in [2.75, 3.05) is 19.6 Å². The quantitative estimate of drug-likeness (QED) is 0.706. The second kappa shape index (κ2) is 5.71. The number of hydrogen-bond acceptors (Lipinski definition) is 2. The third kappa shape index (κ3) is 3.69. The Morgan fingerprint density at radius 2 is 1.65 bits per heavy atom. The lowest BCUT2D eigenvalue weighted by Gasteiger charge is -2.43.